The molecule has 0 nitrogen and oxygen atoms in total. The summed E-state index contributed by atoms with van der Waals surface area (Å²) in [7, 11) is 0. The van der Waals surface area contributed by atoms with Gasteiger partial charge in [0.25, 0.3) is 0 Å². The molecule has 0 spiro atoms. The normalized spacial score (nSPS) is 15.0. The summed E-state index contributed by atoms with van der Waals surface area (Å²) in [4.78, 5) is 0. The summed E-state index contributed by atoms with van der Waals surface area (Å²) in [5.74, 6) is 0.842. The molecule has 67 valence electrons. The van der Waals surface area contributed by atoms with Crippen molar-refractivity contribution in [2.45, 2.75) is 53.4 Å². The zero-order valence-electron chi connectivity index (χ0n) is 8.61. The molecule has 0 N–H and O–H groups in total. The highest BCUT2D eigenvalue weighted by molar-refractivity contribution is 4.75. The third-order valence-electron chi connectivity index (χ3n) is 2.88. The molecule has 0 aliphatic carbocycles. The van der Waals surface area contributed by atoms with Crippen LogP contribution in [0, 0.1) is 18.3 Å². The van der Waals surface area contributed by atoms with E-state index >= 15 is 0 Å². The molecule has 0 aromatic carbocycles. The Balaban J connectivity index is 3.83. The predicted octanol–water partition coefficient (Wildman–Crippen LogP) is 4.06. The van der Waals surface area contributed by atoms with Gasteiger partial charge in [0.2, 0.25) is 0 Å². The SMILES string of the molecule is [CH2]CCC(C)(C)C(C)CCC. The molecule has 0 aliphatic rings. The van der Waals surface area contributed by atoms with Gasteiger partial charge in [0.1, 0.15) is 0 Å². The Morgan fingerprint density at radius 1 is 1.36 bits per heavy atom. The Kier molecular flexibility index (Phi) is 4.79. The molecule has 11 heavy (non-hydrogen) atoms. The van der Waals surface area contributed by atoms with E-state index < -0.39 is 0 Å². The lowest BCUT2D eigenvalue weighted by atomic mass is 9.75. The maximum absolute atomic E-state index is 3.91. The lowest BCUT2D eigenvalue weighted by Crippen LogP contribution is -2.21. The molecule has 0 aromatic heterocycles. The minimum absolute atomic E-state index is 0.498. The molecule has 1 unspecified atom stereocenters. The average Bonchev–Trinajstić information content (AvgIpc) is 1.88. The Bertz CT molecular complexity index is 92.2. The van der Waals surface area contributed by atoms with Crippen LogP contribution in [0.5, 0.6) is 0 Å². The van der Waals surface area contributed by atoms with Crippen molar-refractivity contribution in [3.63, 3.8) is 0 Å². The topological polar surface area (TPSA) is 0 Å². The first-order chi connectivity index (χ1) is 5.04. The van der Waals surface area contributed by atoms with Crippen molar-refractivity contribution in [3.8, 4) is 0 Å². The van der Waals surface area contributed by atoms with Gasteiger partial charge in [-0.05, 0) is 17.8 Å². The highest BCUT2D eigenvalue weighted by Crippen LogP contribution is 2.34. The summed E-state index contributed by atoms with van der Waals surface area (Å²) in [6.07, 6.45) is 4.99. The minimum Gasteiger partial charge on any atom is -0.0654 e. The molecular formula is C11H23. The Morgan fingerprint density at radius 2 is 1.91 bits per heavy atom. The van der Waals surface area contributed by atoms with Gasteiger partial charge in [0, 0.05) is 0 Å². The standard InChI is InChI=1S/C11H23/c1-6-8-10(3)11(4,5)9-7-2/h10H,2,6-9H2,1,3-5H3. The van der Waals surface area contributed by atoms with E-state index in [2.05, 4.69) is 34.6 Å². The molecule has 0 amide bonds. The van der Waals surface area contributed by atoms with Crippen molar-refractivity contribution >= 4 is 0 Å². The lowest BCUT2D eigenvalue weighted by molar-refractivity contribution is 0.200. The van der Waals surface area contributed by atoms with Crippen LogP contribution in [0.3, 0.4) is 0 Å². The van der Waals surface area contributed by atoms with Crippen LogP contribution in [0.1, 0.15) is 53.4 Å². The first kappa shape index (κ1) is 11.0. The summed E-state index contributed by atoms with van der Waals surface area (Å²) in [6, 6.07) is 0. The van der Waals surface area contributed by atoms with Crippen molar-refractivity contribution in [2.75, 3.05) is 0 Å². The van der Waals surface area contributed by atoms with E-state index in [1.165, 1.54) is 19.3 Å². The number of hydrogen-bond donors (Lipinski definition) is 0. The van der Waals surface area contributed by atoms with Gasteiger partial charge in [-0.1, -0.05) is 53.9 Å². The highest BCUT2D eigenvalue weighted by atomic mass is 14.3. The van der Waals surface area contributed by atoms with E-state index in [1.807, 2.05) is 0 Å². The Morgan fingerprint density at radius 3 is 2.27 bits per heavy atom. The Hall–Kier alpha value is 0. The van der Waals surface area contributed by atoms with Crippen LogP contribution in [-0.4, -0.2) is 0 Å². The van der Waals surface area contributed by atoms with Crippen molar-refractivity contribution in [2.24, 2.45) is 11.3 Å². The summed E-state index contributed by atoms with van der Waals surface area (Å²) < 4.78 is 0. The molecule has 1 radical (unpaired) electrons. The summed E-state index contributed by atoms with van der Waals surface area (Å²) in [5, 5.41) is 0. The van der Waals surface area contributed by atoms with E-state index in [-0.39, 0.29) is 0 Å². The lowest BCUT2D eigenvalue weighted by Gasteiger charge is -2.31. The van der Waals surface area contributed by atoms with Crippen LogP contribution >= 0.6 is 0 Å². The van der Waals surface area contributed by atoms with E-state index in [1.54, 1.807) is 0 Å². The second kappa shape index (κ2) is 4.79. The van der Waals surface area contributed by atoms with Gasteiger partial charge in [-0.25, -0.2) is 0 Å². The number of rotatable bonds is 5. The molecule has 0 aliphatic heterocycles. The smallest absolute Gasteiger partial charge is 0.0329 e. The first-order valence-corrected chi connectivity index (χ1v) is 4.83. The number of hydrogen-bond acceptors (Lipinski definition) is 0. The van der Waals surface area contributed by atoms with Gasteiger partial charge in [-0.2, -0.15) is 0 Å². The largest absolute Gasteiger partial charge is 0.0654 e. The fourth-order valence-corrected chi connectivity index (χ4v) is 1.53. The summed E-state index contributed by atoms with van der Waals surface area (Å²) in [6.45, 7) is 13.3. The van der Waals surface area contributed by atoms with Crippen molar-refractivity contribution in [1.29, 1.82) is 0 Å². The molecule has 0 heterocycles. The van der Waals surface area contributed by atoms with Crippen LogP contribution in [-0.2, 0) is 0 Å². The van der Waals surface area contributed by atoms with Crippen LogP contribution in [0.2, 0.25) is 0 Å². The monoisotopic (exact) mass is 155 g/mol. The van der Waals surface area contributed by atoms with E-state index in [9.17, 15) is 0 Å². The summed E-state index contributed by atoms with van der Waals surface area (Å²) >= 11 is 0. The molecule has 1 atom stereocenters. The van der Waals surface area contributed by atoms with E-state index in [4.69, 9.17) is 0 Å². The molecule has 0 rings (SSSR count). The average molecular weight is 155 g/mol. The molecule has 0 aromatic rings. The molecule has 0 bridgehead atoms. The van der Waals surface area contributed by atoms with Gasteiger partial charge in [-0.3, -0.25) is 0 Å². The Labute approximate surface area is 72.4 Å². The van der Waals surface area contributed by atoms with Gasteiger partial charge in [0.05, 0.1) is 0 Å². The van der Waals surface area contributed by atoms with Crippen LogP contribution in [0.25, 0.3) is 0 Å². The molecule has 0 fully saturated rings. The van der Waals surface area contributed by atoms with E-state index in [0.717, 1.165) is 12.3 Å². The molecular weight excluding hydrogens is 132 g/mol. The van der Waals surface area contributed by atoms with Crippen LogP contribution in [0.15, 0.2) is 0 Å². The van der Waals surface area contributed by atoms with Gasteiger partial charge in [0.15, 0.2) is 0 Å². The fraction of sp³-hybridized carbons (Fsp3) is 0.909. The van der Waals surface area contributed by atoms with Crippen LogP contribution in [0.4, 0.5) is 0 Å². The second-order valence-electron chi connectivity index (χ2n) is 4.28. The van der Waals surface area contributed by atoms with E-state index in [0.29, 0.717) is 5.41 Å². The zero-order chi connectivity index (χ0) is 8.91. The van der Waals surface area contributed by atoms with Gasteiger partial charge < -0.3 is 0 Å². The maximum Gasteiger partial charge on any atom is -0.0329 e. The maximum atomic E-state index is 3.91. The van der Waals surface area contributed by atoms with Crippen molar-refractivity contribution in [3.05, 3.63) is 6.92 Å². The zero-order valence-corrected chi connectivity index (χ0v) is 8.61. The molecule has 0 heteroatoms. The van der Waals surface area contributed by atoms with Crippen molar-refractivity contribution in [1.82, 2.24) is 0 Å². The third-order valence-corrected chi connectivity index (χ3v) is 2.88. The van der Waals surface area contributed by atoms with Gasteiger partial charge >= 0.3 is 0 Å². The molecule has 0 saturated heterocycles. The third kappa shape index (κ3) is 3.79. The highest BCUT2D eigenvalue weighted by Gasteiger charge is 2.23. The van der Waals surface area contributed by atoms with Crippen LogP contribution < -0.4 is 0 Å². The fourth-order valence-electron chi connectivity index (χ4n) is 1.53. The minimum atomic E-state index is 0.498. The predicted molar refractivity (Wildman–Crippen MR) is 52.4 cm³/mol. The first-order valence-electron chi connectivity index (χ1n) is 4.83. The van der Waals surface area contributed by atoms with Crippen molar-refractivity contribution < 1.29 is 0 Å². The molecule has 0 saturated carbocycles. The summed E-state index contributed by atoms with van der Waals surface area (Å²) in [5.41, 5.74) is 0.498. The van der Waals surface area contributed by atoms with Gasteiger partial charge in [-0.15, -0.1) is 0 Å². The second-order valence-corrected chi connectivity index (χ2v) is 4.28. The quantitative estimate of drug-likeness (QED) is 0.561.